The van der Waals surface area contributed by atoms with Crippen LogP contribution < -0.4 is 9.47 Å². The summed E-state index contributed by atoms with van der Waals surface area (Å²) in [6.07, 6.45) is 0. The quantitative estimate of drug-likeness (QED) is 0.464. The van der Waals surface area contributed by atoms with Gasteiger partial charge in [-0.1, -0.05) is 46.4 Å². The average molecular weight is 420 g/mol. The zero-order chi connectivity index (χ0) is 18.3. The van der Waals surface area contributed by atoms with Crippen molar-refractivity contribution in [1.82, 2.24) is 0 Å². The van der Waals surface area contributed by atoms with Gasteiger partial charge in [0, 0.05) is 0 Å². The first-order valence-corrected chi connectivity index (χ1v) is 8.27. The van der Waals surface area contributed by atoms with Gasteiger partial charge in [0.2, 0.25) is 0 Å². The SMILES string of the molecule is CCOC(=O)COc1c(Cl)c(Cl)c(OCC(=O)OCC)c(Cl)c1Cl. The monoisotopic (exact) mass is 418 g/mol. The lowest BCUT2D eigenvalue weighted by atomic mass is 10.3. The van der Waals surface area contributed by atoms with E-state index in [9.17, 15) is 9.59 Å². The molecule has 24 heavy (non-hydrogen) atoms. The minimum Gasteiger partial charge on any atom is -0.479 e. The highest BCUT2D eigenvalue weighted by Gasteiger charge is 2.24. The van der Waals surface area contributed by atoms with Crippen molar-refractivity contribution in [3.8, 4) is 11.5 Å². The van der Waals surface area contributed by atoms with Gasteiger partial charge in [-0.05, 0) is 13.8 Å². The fraction of sp³-hybridized carbons (Fsp3) is 0.429. The first kappa shape index (κ1) is 21.0. The van der Waals surface area contributed by atoms with Crippen LogP contribution in [0.25, 0.3) is 0 Å². The molecule has 0 aliphatic heterocycles. The van der Waals surface area contributed by atoms with Crippen molar-refractivity contribution in [2.75, 3.05) is 26.4 Å². The largest absolute Gasteiger partial charge is 0.479 e. The third-order valence-electron chi connectivity index (χ3n) is 2.46. The molecule has 10 heteroatoms. The summed E-state index contributed by atoms with van der Waals surface area (Å²) in [4.78, 5) is 22.7. The number of hydrogen-bond donors (Lipinski definition) is 0. The van der Waals surface area contributed by atoms with Gasteiger partial charge in [0.15, 0.2) is 24.7 Å². The van der Waals surface area contributed by atoms with Gasteiger partial charge in [0.1, 0.15) is 20.1 Å². The van der Waals surface area contributed by atoms with Gasteiger partial charge in [-0.2, -0.15) is 0 Å². The predicted molar refractivity (Wildman–Crippen MR) is 90.7 cm³/mol. The zero-order valence-corrected chi connectivity index (χ0v) is 15.8. The second kappa shape index (κ2) is 10.0. The van der Waals surface area contributed by atoms with Gasteiger partial charge in [0.25, 0.3) is 0 Å². The average Bonchev–Trinajstić information content (AvgIpc) is 2.53. The fourth-order valence-electron chi connectivity index (χ4n) is 1.51. The molecule has 0 saturated carbocycles. The maximum atomic E-state index is 11.3. The highest BCUT2D eigenvalue weighted by molar-refractivity contribution is 6.50. The molecule has 0 unspecified atom stereocenters. The van der Waals surface area contributed by atoms with Crippen LogP contribution in [0.5, 0.6) is 11.5 Å². The van der Waals surface area contributed by atoms with Gasteiger partial charge in [-0.15, -0.1) is 0 Å². The first-order chi connectivity index (χ1) is 11.3. The summed E-state index contributed by atoms with van der Waals surface area (Å²) in [5.41, 5.74) is 0. The third-order valence-corrected chi connectivity index (χ3v) is 4.10. The van der Waals surface area contributed by atoms with Crippen molar-refractivity contribution in [3.63, 3.8) is 0 Å². The maximum Gasteiger partial charge on any atom is 0.344 e. The summed E-state index contributed by atoms with van der Waals surface area (Å²) in [6.45, 7) is 2.85. The zero-order valence-electron chi connectivity index (χ0n) is 12.8. The topological polar surface area (TPSA) is 71.1 Å². The van der Waals surface area contributed by atoms with Crippen molar-refractivity contribution in [1.29, 1.82) is 0 Å². The summed E-state index contributed by atoms with van der Waals surface area (Å²) >= 11 is 24.3. The van der Waals surface area contributed by atoms with E-state index in [-0.39, 0.29) is 44.8 Å². The Morgan fingerprint density at radius 2 is 1.00 bits per heavy atom. The molecule has 0 aromatic heterocycles. The lowest BCUT2D eigenvalue weighted by Crippen LogP contribution is -2.16. The Balaban J connectivity index is 2.98. The number of carbonyl (C=O) groups excluding carboxylic acids is 2. The molecular formula is C14H14Cl4O6. The third kappa shape index (κ3) is 5.48. The van der Waals surface area contributed by atoms with Gasteiger partial charge in [-0.3, -0.25) is 0 Å². The van der Waals surface area contributed by atoms with Gasteiger partial charge < -0.3 is 18.9 Å². The minimum atomic E-state index is -0.612. The molecule has 0 heterocycles. The Hall–Kier alpha value is -1.08. The molecule has 0 atom stereocenters. The van der Waals surface area contributed by atoms with E-state index >= 15 is 0 Å². The van der Waals surface area contributed by atoms with E-state index in [0.717, 1.165) is 0 Å². The van der Waals surface area contributed by atoms with Crippen LogP contribution >= 0.6 is 46.4 Å². The van der Waals surface area contributed by atoms with Gasteiger partial charge in [0.05, 0.1) is 13.2 Å². The molecule has 1 rings (SSSR count). The highest BCUT2D eigenvalue weighted by Crippen LogP contribution is 2.50. The lowest BCUT2D eigenvalue weighted by Gasteiger charge is -2.16. The summed E-state index contributed by atoms with van der Waals surface area (Å²) in [5.74, 6) is -1.41. The molecule has 0 fully saturated rings. The Kier molecular flexibility index (Phi) is 8.76. The van der Waals surface area contributed by atoms with Crippen LogP contribution in [0.4, 0.5) is 0 Å². The molecule has 134 valence electrons. The Morgan fingerprint density at radius 3 is 1.25 bits per heavy atom. The number of hydrogen-bond acceptors (Lipinski definition) is 6. The summed E-state index contributed by atoms with van der Waals surface area (Å²) in [5, 5.41) is -0.466. The molecule has 0 amide bonds. The number of benzene rings is 1. The van der Waals surface area contributed by atoms with Crippen molar-refractivity contribution in [3.05, 3.63) is 20.1 Å². The van der Waals surface area contributed by atoms with E-state index in [1.54, 1.807) is 13.8 Å². The standard InChI is InChI=1S/C14H14Cl4O6/c1-3-21-7(19)5-23-13-9(15)11(17)14(12(18)10(13)16)24-6-8(20)22-4-2/h3-6H2,1-2H3. The second-order valence-corrected chi connectivity index (χ2v) is 5.61. The Labute approximate surface area is 158 Å². The van der Waals surface area contributed by atoms with Crippen LogP contribution in [-0.2, 0) is 19.1 Å². The number of halogens is 4. The first-order valence-electron chi connectivity index (χ1n) is 6.76. The van der Waals surface area contributed by atoms with E-state index in [1.165, 1.54) is 0 Å². The molecule has 6 nitrogen and oxygen atoms in total. The molecule has 0 saturated heterocycles. The smallest absolute Gasteiger partial charge is 0.344 e. The molecule has 0 bridgehead atoms. The van der Waals surface area contributed by atoms with Crippen LogP contribution in [0.1, 0.15) is 13.8 Å². The van der Waals surface area contributed by atoms with Crippen LogP contribution in [0.3, 0.4) is 0 Å². The van der Waals surface area contributed by atoms with E-state index in [4.69, 9.17) is 65.4 Å². The van der Waals surface area contributed by atoms with Crippen molar-refractivity contribution in [2.45, 2.75) is 13.8 Å². The van der Waals surface area contributed by atoms with Crippen LogP contribution in [0.15, 0.2) is 0 Å². The Morgan fingerprint density at radius 1 is 0.708 bits per heavy atom. The number of ether oxygens (including phenoxy) is 4. The van der Waals surface area contributed by atoms with Gasteiger partial charge >= 0.3 is 11.9 Å². The fourth-order valence-corrected chi connectivity index (χ4v) is 2.55. The number of rotatable bonds is 8. The van der Waals surface area contributed by atoms with E-state index in [0.29, 0.717) is 0 Å². The number of carbonyl (C=O) groups is 2. The van der Waals surface area contributed by atoms with Crippen LogP contribution in [-0.4, -0.2) is 38.4 Å². The maximum absolute atomic E-state index is 11.3. The summed E-state index contributed by atoms with van der Waals surface area (Å²) in [6, 6.07) is 0. The molecule has 0 N–H and O–H groups in total. The number of esters is 2. The molecule has 0 radical (unpaired) electrons. The summed E-state index contributed by atoms with van der Waals surface area (Å²) < 4.78 is 19.9. The predicted octanol–water partition coefficient (Wildman–Crippen LogP) is 4.18. The molecule has 0 spiro atoms. The summed E-state index contributed by atoms with van der Waals surface area (Å²) in [7, 11) is 0. The molecule has 1 aromatic carbocycles. The van der Waals surface area contributed by atoms with E-state index < -0.39 is 25.2 Å². The Bertz CT molecular complexity index is 538. The van der Waals surface area contributed by atoms with Crippen LogP contribution in [0.2, 0.25) is 20.1 Å². The van der Waals surface area contributed by atoms with Crippen molar-refractivity contribution < 1.29 is 28.5 Å². The molecule has 0 aliphatic rings. The van der Waals surface area contributed by atoms with Crippen molar-refractivity contribution in [2.24, 2.45) is 0 Å². The van der Waals surface area contributed by atoms with Gasteiger partial charge in [-0.25, -0.2) is 9.59 Å². The van der Waals surface area contributed by atoms with Crippen molar-refractivity contribution >= 4 is 58.3 Å². The molecule has 1 aromatic rings. The second-order valence-electron chi connectivity index (χ2n) is 4.10. The highest BCUT2D eigenvalue weighted by atomic mass is 35.5. The lowest BCUT2D eigenvalue weighted by molar-refractivity contribution is -0.146. The van der Waals surface area contributed by atoms with E-state index in [1.807, 2.05) is 0 Å². The normalized spacial score (nSPS) is 10.2. The van der Waals surface area contributed by atoms with E-state index in [2.05, 4.69) is 0 Å². The molecular weight excluding hydrogens is 406 g/mol. The van der Waals surface area contributed by atoms with Crippen LogP contribution in [0, 0.1) is 0 Å². The molecule has 0 aliphatic carbocycles. The minimum absolute atomic E-state index is 0.0927.